The van der Waals surface area contributed by atoms with Crippen LogP contribution >= 0.6 is 0 Å². The molecular weight excluding hydrogens is 383 g/mol. The van der Waals surface area contributed by atoms with Gasteiger partial charge in [-0.15, -0.1) is 0 Å². The maximum absolute atomic E-state index is 13.1. The lowest BCUT2D eigenvalue weighted by molar-refractivity contribution is -0.885. The van der Waals surface area contributed by atoms with Crippen molar-refractivity contribution in [3.63, 3.8) is 0 Å². The minimum Gasteiger partial charge on any atom is -0.321 e. The van der Waals surface area contributed by atoms with Gasteiger partial charge in [-0.1, -0.05) is 30.3 Å². The van der Waals surface area contributed by atoms with E-state index in [2.05, 4.69) is 5.32 Å². The van der Waals surface area contributed by atoms with Crippen molar-refractivity contribution < 1.29 is 27.7 Å². The molecule has 154 valence electrons. The predicted molar refractivity (Wildman–Crippen MR) is 104 cm³/mol. The molecular formula is C21H23F3N3O2+. The Balaban J connectivity index is 1.64. The molecule has 29 heavy (non-hydrogen) atoms. The van der Waals surface area contributed by atoms with Gasteiger partial charge < -0.3 is 15.1 Å². The molecule has 2 aromatic carbocycles. The fourth-order valence-corrected chi connectivity index (χ4v) is 3.45. The second-order valence-electron chi connectivity index (χ2n) is 7.20. The molecule has 1 aliphatic heterocycles. The van der Waals surface area contributed by atoms with Crippen LogP contribution in [0.4, 0.5) is 24.5 Å². The third kappa shape index (κ3) is 4.59. The van der Waals surface area contributed by atoms with Crippen molar-refractivity contribution in [1.82, 2.24) is 0 Å². The van der Waals surface area contributed by atoms with Crippen molar-refractivity contribution in [3.05, 3.63) is 59.7 Å². The van der Waals surface area contributed by atoms with Gasteiger partial charge in [0, 0.05) is 12.2 Å². The van der Waals surface area contributed by atoms with Crippen molar-refractivity contribution in [1.29, 1.82) is 0 Å². The number of para-hydroxylation sites is 2. The van der Waals surface area contributed by atoms with Crippen molar-refractivity contribution in [2.24, 2.45) is 0 Å². The summed E-state index contributed by atoms with van der Waals surface area (Å²) in [7, 11) is 1.68. The Morgan fingerprint density at radius 1 is 1.14 bits per heavy atom. The molecule has 2 amide bonds. The number of alkyl halides is 3. The number of carbonyl (C=O) groups excluding carboxylic acids is 2. The summed E-state index contributed by atoms with van der Waals surface area (Å²) in [6.07, 6.45) is -3.78. The van der Waals surface area contributed by atoms with Crippen molar-refractivity contribution in [2.75, 3.05) is 30.4 Å². The van der Waals surface area contributed by atoms with E-state index in [4.69, 9.17) is 0 Å². The highest BCUT2D eigenvalue weighted by Crippen LogP contribution is 2.34. The maximum Gasteiger partial charge on any atom is 0.418 e. The van der Waals surface area contributed by atoms with Gasteiger partial charge in [0.2, 0.25) is 0 Å². The first-order valence-electron chi connectivity index (χ1n) is 9.36. The minimum atomic E-state index is -4.56. The molecule has 0 aromatic heterocycles. The molecule has 0 bridgehead atoms. The molecule has 1 unspecified atom stereocenters. The Bertz CT molecular complexity index is 914. The summed E-state index contributed by atoms with van der Waals surface area (Å²) in [6.45, 7) is 2.17. The van der Waals surface area contributed by atoms with E-state index in [9.17, 15) is 22.8 Å². The number of halogens is 3. The Hall–Kier alpha value is -2.87. The summed E-state index contributed by atoms with van der Waals surface area (Å²) in [6, 6.07) is 12.0. The summed E-state index contributed by atoms with van der Waals surface area (Å²) >= 11 is 0. The number of quaternary nitrogens is 1. The smallest absolute Gasteiger partial charge is 0.321 e. The standard InChI is InChI=1S/C21H22F3N3O2/c1-14(20(29)27-12-11-15-7-3-6-10-18(15)27)26(2)13-19(28)25-17-9-5-4-8-16(17)21(22,23)24/h3-10,14H,11-13H2,1-2H3,(H,25,28)/p+1/t14-/m0/s1. The van der Waals surface area contributed by atoms with E-state index in [0.29, 0.717) is 11.4 Å². The van der Waals surface area contributed by atoms with Crippen LogP contribution in [0.5, 0.6) is 0 Å². The summed E-state index contributed by atoms with van der Waals surface area (Å²) in [5.74, 6) is -0.698. The Morgan fingerprint density at radius 2 is 1.79 bits per heavy atom. The number of nitrogens with zero attached hydrogens (tertiary/aromatic N) is 1. The van der Waals surface area contributed by atoms with Gasteiger partial charge in [0.15, 0.2) is 12.6 Å². The zero-order valence-electron chi connectivity index (χ0n) is 16.2. The number of amides is 2. The van der Waals surface area contributed by atoms with Crippen LogP contribution in [0.15, 0.2) is 48.5 Å². The van der Waals surface area contributed by atoms with Crippen LogP contribution in [0, 0.1) is 0 Å². The summed E-state index contributed by atoms with van der Waals surface area (Å²) in [5.41, 5.74) is 0.793. The molecule has 0 saturated heterocycles. The van der Waals surface area contributed by atoms with Crippen molar-refractivity contribution in [3.8, 4) is 0 Å². The zero-order chi connectivity index (χ0) is 21.2. The van der Waals surface area contributed by atoms with Crippen LogP contribution in [-0.2, 0) is 22.2 Å². The highest BCUT2D eigenvalue weighted by molar-refractivity contribution is 5.98. The Morgan fingerprint density at radius 3 is 2.52 bits per heavy atom. The van der Waals surface area contributed by atoms with Crippen LogP contribution in [0.1, 0.15) is 18.1 Å². The van der Waals surface area contributed by atoms with Crippen LogP contribution in [0.3, 0.4) is 0 Å². The van der Waals surface area contributed by atoms with Crippen molar-refractivity contribution in [2.45, 2.75) is 25.6 Å². The molecule has 0 spiro atoms. The second-order valence-corrected chi connectivity index (χ2v) is 7.20. The molecule has 1 aliphatic rings. The SMILES string of the molecule is C[C@@H](C(=O)N1CCc2ccccc21)[NH+](C)CC(=O)Nc1ccccc1C(F)(F)F. The van der Waals surface area contributed by atoms with Crippen LogP contribution in [0.2, 0.25) is 0 Å². The maximum atomic E-state index is 13.1. The molecule has 2 aromatic rings. The average Bonchev–Trinajstić information content (AvgIpc) is 3.10. The largest absolute Gasteiger partial charge is 0.418 e. The molecule has 2 atom stereocenters. The number of likely N-dealkylation sites (N-methyl/N-ethyl adjacent to an activating group) is 1. The Labute approximate surface area is 167 Å². The highest BCUT2D eigenvalue weighted by atomic mass is 19.4. The number of carbonyl (C=O) groups is 2. The summed E-state index contributed by atoms with van der Waals surface area (Å²) < 4.78 is 39.2. The number of hydrogen-bond donors (Lipinski definition) is 2. The van der Waals surface area contributed by atoms with Crippen molar-refractivity contribution >= 4 is 23.2 Å². The molecule has 0 saturated carbocycles. The number of fused-ring (bicyclic) bond motifs is 1. The lowest BCUT2D eigenvalue weighted by atomic mass is 10.1. The number of anilines is 2. The molecule has 0 fully saturated rings. The van der Waals surface area contributed by atoms with Gasteiger partial charge in [0.1, 0.15) is 0 Å². The van der Waals surface area contributed by atoms with Gasteiger partial charge in [-0.05, 0) is 37.1 Å². The van der Waals surface area contributed by atoms with Crippen LogP contribution in [0.25, 0.3) is 0 Å². The van der Waals surface area contributed by atoms with E-state index in [-0.39, 0.29) is 18.1 Å². The number of benzene rings is 2. The fraction of sp³-hybridized carbons (Fsp3) is 0.333. The number of rotatable bonds is 5. The monoisotopic (exact) mass is 406 g/mol. The third-order valence-electron chi connectivity index (χ3n) is 5.21. The van der Waals surface area contributed by atoms with Gasteiger partial charge >= 0.3 is 6.18 Å². The normalized spacial score (nSPS) is 15.6. The van der Waals surface area contributed by atoms with Crippen LogP contribution < -0.4 is 15.1 Å². The van der Waals surface area contributed by atoms with E-state index < -0.39 is 23.7 Å². The first-order valence-corrected chi connectivity index (χ1v) is 9.36. The molecule has 8 heteroatoms. The van der Waals surface area contributed by atoms with Gasteiger partial charge in [0.05, 0.1) is 18.3 Å². The van der Waals surface area contributed by atoms with E-state index >= 15 is 0 Å². The third-order valence-corrected chi connectivity index (χ3v) is 5.21. The van der Waals surface area contributed by atoms with Gasteiger partial charge in [0.25, 0.3) is 11.8 Å². The van der Waals surface area contributed by atoms with E-state index in [1.807, 2.05) is 24.3 Å². The quantitative estimate of drug-likeness (QED) is 0.800. The van der Waals surface area contributed by atoms with Gasteiger partial charge in [-0.25, -0.2) is 0 Å². The second kappa shape index (κ2) is 8.24. The Kier molecular flexibility index (Phi) is 5.93. The highest BCUT2D eigenvalue weighted by Gasteiger charge is 2.35. The molecule has 5 nitrogen and oxygen atoms in total. The van der Waals surface area contributed by atoms with Gasteiger partial charge in [-0.3, -0.25) is 9.59 Å². The minimum absolute atomic E-state index is 0.115. The lowest BCUT2D eigenvalue weighted by Gasteiger charge is -2.25. The topological polar surface area (TPSA) is 53.9 Å². The lowest BCUT2D eigenvalue weighted by Crippen LogP contribution is -3.15. The zero-order valence-corrected chi connectivity index (χ0v) is 16.2. The first-order chi connectivity index (χ1) is 13.7. The fourth-order valence-electron chi connectivity index (χ4n) is 3.45. The van der Waals surface area contributed by atoms with Crippen LogP contribution in [-0.4, -0.2) is 38.0 Å². The van der Waals surface area contributed by atoms with E-state index in [0.717, 1.165) is 23.7 Å². The number of hydrogen-bond acceptors (Lipinski definition) is 2. The molecule has 0 aliphatic carbocycles. The number of nitrogens with one attached hydrogen (secondary N) is 2. The average molecular weight is 406 g/mol. The first kappa shape index (κ1) is 20.9. The molecule has 3 rings (SSSR count). The molecule has 1 heterocycles. The molecule has 2 N–H and O–H groups in total. The van der Waals surface area contributed by atoms with Gasteiger partial charge in [-0.2, -0.15) is 13.2 Å². The van der Waals surface area contributed by atoms with E-state index in [1.165, 1.54) is 18.2 Å². The predicted octanol–water partition coefficient (Wildman–Crippen LogP) is 2.14. The summed E-state index contributed by atoms with van der Waals surface area (Å²) in [5, 5.41) is 2.32. The molecule has 0 radical (unpaired) electrons. The summed E-state index contributed by atoms with van der Waals surface area (Å²) in [4.78, 5) is 27.5. The van der Waals surface area contributed by atoms with E-state index in [1.54, 1.807) is 18.9 Å².